The van der Waals surface area contributed by atoms with Crippen LogP contribution in [-0.2, 0) is 16.7 Å². The topological polar surface area (TPSA) is 54.4 Å². The Morgan fingerprint density at radius 1 is 0.558 bits per heavy atom. The van der Waals surface area contributed by atoms with Crippen molar-refractivity contribution in [3.8, 4) is 0 Å². The maximum Gasteiger partial charge on any atom is 0.460 e. The highest BCUT2D eigenvalue weighted by Gasteiger charge is 2.96. The second-order valence-electron chi connectivity index (χ2n) is 8.87. The van der Waals surface area contributed by atoms with E-state index < -0.39 is 57.1 Å². The highest BCUT2D eigenvalue weighted by atomic mass is 32.2. The minimum absolute atomic E-state index is 1.17. The van der Waals surface area contributed by atoms with Gasteiger partial charge < -0.3 is 4.48 Å². The third-order valence-electron chi connectivity index (χ3n) is 6.39. The van der Waals surface area contributed by atoms with Crippen molar-refractivity contribution in [2.45, 2.75) is 74.3 Å². The summed E-state index contributed by atoms with van der Waals surface area (Å²) in [6.07, 6.45) is -7.88. The molecule has 0 atom stereocenters. The molecule has 1 N–H and O–H groups in total. The molecule has 0 bridgehead atoms. The fourth-order valence-corrected chi connectivity index (χ4v) is 3.74. The van der Waals surface area contributed by atoms with Gasteiger partial charge >= 0.3 is 57.1 Å². The third-order valence-corrected chi connectivity index (χ3v) is 7.29. The lowest BCUT2D eigenvalue weighted by atomic mass is 9.91. The normalized spacial score (nSPS) is 15.2. The van der Waals surface area contributed by atoms with E-state index in [1.807, 2.05) is 0 Å². The molecule has 0 unspecified atom stereocenters. The lowest BCUT2D eigenvalue weighted by Gasteiger charge is -2.42. The Bertz CT molecular complexity index is 1160. The molecular weight excluding hydrogens is 669 g/mol. The van der Waals surface area contributed by atoms with Crippen LogP contribution in [0.3, 0.4) is 0 Å². The second-order valence-corrected chi connectivity index (χ2v) is 10.3. The summed E-state index contributed by atoms with van der Waals surface area (Å²) in [7, 11) is -7.89. The Morgan fingerprint density at radius 3 is 1.14 bits per heavy atom. The Hall–Kier alpha value is -2.10. The van der Waals surface area contributed by atoms with Crippen molar-refractivity contribution in [2.24, 2.45) is 0 Å². The maximum absolute atomic E-state index is 13.0. The first kappa shape index (κ1) is 40.9. The van der Waals surface area contributed by atoms with Gasteiger partial charge in [0.2, 0.25) is 0 Å². The van der Waals surface area contributed by atoms with Gasteiger partial charge in [-0.3, -0.25) is 4.55 Å². The number of alkyl halides is 17. The van der Waals surface area contributed by atoms with E-state index in [9.17, 15) is 83.1 Å². The van der Waals surface area contributed by atoms with Crippen LogP contribution in [0, 0.1) is 0 Å². The van der Waals surface area contributed by atoms with Gasteiger partial charge in [-0.1, -0.05) is 30.3 Å². The lowest BCUT2D eigenvalue weighted by molar-refractivity contribution is -0.936. The van der Waals surface area contributed by atoms with Crippen molar-refractivity contribution < 1.29 is 92.1 Å². The summed E-state index contributed by atoms with van der Waals surface area (Å²) >= 11 is 0. The lowest BCUT2D eigenvalue weighted by Crippen LogP contribution is -2.74. The average molecular weight is 692 g/mol. The first-order valence-electron chi connectivity index (χ1n) is 11.3. The van der Waals surface area contributed by atoms with E-state index >= 15 is 0 Å². The zero-order valence-electron chi connectivity index (χ0n) is 21.8. The molecule has 22 heteroatoms. The summed E-state index contributed by atoms with van der Waals surface area (Å²) in [5, 5.41) is -7.84. The number of quaternary nitrogens is 1. The minimum atomic E-state index is -8.89. The van der Waals surface area contributed by atoms with Crippen LogP contribution >= 0.6 is 0 Å². The van der Waals surface area contributed by atoms with Crippen LogP contribution in [0.25, 0.3) is 0 Å². The Morgan fingerprint density at radius 2 is 0.860 bits per heavy atom. The molecule has 0 aliphatic rings. The van der Waals surface area contributed by atoms with E-state index in [0.717, 1.165) is 0 Å². The van der Waals surface area contributed by atoms with Crippen LogP contribution in [0.15, 0.2) is 30.3 Å². The van der Waals surface area contributed by atoms with Crippen molar-refractivity contribution in [3.05, 3.63) is 35.9 Å². The van der Waals surface area contributed by atoms with Gasteiger partial charge in [-0.2, -0.15) is 83.1 Å². The second kappa shape index (κ2) is 12.4. The average Bonchev–Trinajstić information content (AvgIpc) is 2.86. The summed E-state index contributed by atoms with van der Waals surface area (Å²) in [5.41, 5.74) is 1.46. The quantitative estimate of drug-likeness (QED) is 0.138. The zero-order valence-corrected chi connectivity index (χ0v) is 22.6. The molecular formula is C21H23F17NO3S+. The molecule has 43 heavy (non-hydrogen) atoms. The van der Waals surface area contributed by atoms with Gasteiger partial charge in [-0.05, 0) is 20.8 Å². The number of rotatable bonds is 12. The van der Waals surface area contributed by atoms with Gasteiger partial charge in [-0.15, -0.1) is 0 Å². The number of halogens is 17. The molecule has 1 aromatic carbocycles. The van der Waals surface area contributed by atoms with Crippen LogP contribution in [0.2, 0.25) is 0 Å². The van der Waals surface area contributed by atoms with Gasteiger partial charge in [-0.25, -0.2) is 0 Å². The van der Waals surface area contributed by atoms with Gasteiger partial charge in [0.05, 0.1) is 19.6 Å². The Kier molecular flexibility index (Phi) is 11.8. The van der Waals surface area contributed by atoms with Crippen molar-refractivity contribution in [3.63, 3.8) is 0 Å². The largest absolute Gasteiger partial charge is 0.460 e. The van der Waals surface area contributed by atoms with E-state index in [4.69, 9.17) is 4.55 Å². The SMILES string of the molecule is CC[N+](CC)(CC)Cc1ccccc1.O=S(=O)(O)C(F)(F)C(F)(F)C(F)(F)C(F)(F)C(F)(F)C(F)(F)C(F)(F)C(F)(F)F. The van der Waals surface area contributed by atoms with Crippen LogP contribution in [0.1, 0.15) is 26.3 Å². The molecule has 0 aromatic heterocycles. The van der Waals surface area contributed by atoms with Crippen molar-refractivity contribution in [1.82, 2.24) is 0 Å². The van der Waals surface area contributed by atoms with Crippen molar-refractivity contribution in [2.75, 3.05) is 19.6 Å². The van der Waals surface area contributed by atoms with Crippen LogP contribution < -0.4 is 0 Å². The number of benzene rings is 1. The highest BCUT2D eigenvalue weighted by Crippen LogP contribution is 2.64. The fourth-order valence-electron chi connectivity index (χ4n) is 3.29. The van der Waals surface area contributed by atoms with Crippen molar-refractivity contribution >= 4 is 10.1 Å². The van der Waals surface area contributed by atoms with E-state index in [1.165, 1.54) is 36.2 Å². The minimum Gasteiger partial charge on any atom is -0.321 e. The molecule has 254 valence electrons. The molecule has 0 fully saturated rings. The Balaban J connectivity index is 0.00000104. The van der Waals surface area contributed by atoms with E-state index in [-0.39, 0.29) is 0 Å². The molecule has 0 aliphatic heterocycles. The first-order valence-corrected chi connectivity index (χ1v) is 12.8. The monoisotopic (exact) mass is 692 g/mol. The summed E-state index contributed by atoms with van der Waals surface area (Å²) in [4.78, 5) is 0. The van der Waals surface area contributed by atoms with Gasteiger partial charge in [0.1, 0.15) is 6.54 Å². The van der Waals surface area contributed by atoms with Gasteiger partial charge in [0, 0.05) is 5.56 Å². The number of nitrogens with zero attached hydrogens (tertiary/aromatic N) is 1. The summed E-state index contributed by atoms with van der Waals surface area (Å²) in [6, 6.07) is 10.8. The predicted molar refractivity (Wildman–Crippen MR) is 114 cm³/mol. The number of hydrogen-bond acceptors (Lipinski definition) is 2. The third kappa shape index (κ3) is 6.79. The molecule has 0 aliphatic carbocycles. The molecule has 0 spiro atoms. The van der Waals surface area contributed by atoms with Crippen LogP contribution in [0.5, 0.6) is 0 Å². The zero-order chi connectivity index (χ0) is 34.9. The highest BCUT2D eigenvalue weighted by molar-refractivity contribution is 7.87. The maximum atomic E-state index is 13.0. The van der Waals surface area contributed by atoms with E-state index in [0.29, 0.717) is 0 Å². The number of hydrogen-bond donors (Lipinski definition) is 1. The summed E-state index contributed by atoms with van der Waals surface area (Å²) in [6.45, 7) is 11.7. The van der Waals surface area contributed by atoms with Gasteiger partial charge in [0.25, 0.3) is 0 Å². The summed E-state index contributed by atoms with van der Waals surface area (Å²) < 4.78 is 244. The Labute approximate surface area is 232 Å². The van der Waals surface area contributed by atoms with Crippen LogP contribution in [0.4, 0.5) is 74.6 Å². The van der Waals surface area contributed by atoms with E-state index in [1.54, 1.807) is 0 Å². The first-order chi connectivity index (χ1) is 18.8. The van der Waals surface area contributed by atoms with E-state index in [2.05, 4.69) is 51.1 Å². The van der Waals surface area contributed by atoms with Crippen LogP contribution in [-0.4, -0.2) is 84.1 Å². The smallest absolute Gasteiger partial charge is 0.321 e. The molecule has 0 saturated heterocycles. The molecule has 0 saturated carbocycles. The van der Waals surface area contributed by atoms with Crippen molar-refractivity contribution in [1.29, 1.82) is 0 Å². The molecule has 0 heterocycles. The van der Waals surface area contributed by atoms with Gasteiger partial charge in [0.15, 0.2) is 0 Å². The molecule has 0 radical (unpaired) electrons. The summed E-state index contributed by atoms with van der Waals surface area (Å²) in [5.74, 6) is -52.0. The molecule has 4 nitrogen and oxygen atoms in total. The predicted octanol–water partition coefficient (Wildman–Crippen LogP) is 7.90. The molecule has 0 amide bonds. The molecule has 1 aromatic rings. The fraction of sp³-hybridized carbons (Fsp3) is 0.714. The standard InChI is InChI=1S/C13H22N.C8HF17O3S/c1-4-14(5-2,6-3)12-13-10-8-7-9-11-13;9-1(10,3(13,14)5(17,18)7(21,22)23)2(11,12)4(15,16)6(19,20)8(24,25)29(26,27)28/h7-11H,4-6,12H2,1-3H3;(H,26,27,28)/q+1;. The molecule has 1 rings (SSSR count).